The molecule has 0 saturated heterocycles. The number of hydrogen-bond acceptors (Lipinski definition) is 3. The molecule has 1 heterocycles. The molecule has 40 heavy (non-hydrogen) atoms. The van der Waals surface area contributed by atoms with Gasteiger partial charge in [-0.05, 0) is 46.5 Å². The number of nitrogens with zero attached hydrogens (tertiary/aromatic N) is 2. The third kappa shape index (κ3) is 3.91. The zero-order valence-electron chi connectivity index (χ0n) is 21.9. The van der Waals surface area contributed by atoms with Crippen LogP contribution in [-0.4, -0.2) is 34.8 Å². The quantitative estimate of drug-likeness (QED) is 0.193. The van der Waals surface area contributed by atoms with E-state index >= 15 is 0 Å². The van der Waals surface area contributed by atoms with Crippen LogP contribution in [-0.2, 0) is 5.41 Å². The van der Waals surface area contributed by atoms with Crippen LogP contribution in [0.15, 0.2) is 140 Å². The lowest BCUT2D eigenvalue weighted by molar-refractivity contribution is 0.0128. The van der Waals surface area contributed by atoms with Gasteiger partial charge in [-0.3, -0.25) is 14.4 Å². The maximum atomic E-state index is 13.8. The fourth-order valence-electron chi connectivity index (χ4n) is 5.68. The number of rotatable bonds is 6. The van der Waals surface area contributed by atoms with E-state index in [1.165, 1.54) is 7.05 Å². The van der Waals surface area contributed by atoms with Crippen molar-refractivity contribution in [3.05, 3.63) is 178 Å². The Balaban J connectivity index is 1.49. The van der Waals surface area contributed by atoms with E-state index in [2.05, 4.69) is 36.4 Å². The first kappa shape index (κ1) is 25.0. The van der Waals surface area contributed by atoms with Crippen LogP contribution in [0.25, 0.3) is 0 Å². The second-order valence-electron chi connectivity index (χ2n) is 9.73. The Morgan fingerprint density at radius 2 is 0.950 bits per heavy atom. The second-order valence-corrected chi connectivity index (χ2v) is 9.73. The van der Waals surface area contributed by atoms with Crippen LogP contribution in [0.5, 0.6) is 0 Å². The van der Waals surface area contributed by atoms with E-state index in [0.29, 0.717) is 5.56 Å². The molecule has 5 aromatic rings. The summed E-state index contributed by atoms with van der Waals surface area (Å²) in [6.07, 6.45) is 0. The molecule has 3 amide bonds. The molecule has 5 aromatic carbocycles. The van der Waals surface area contributed by atoms with Gasteiger partial charge in [0, 0.05) is 12.6 Å². The predicted octanol–water partition coefficient (Wildman–Crippen LogP) is 6.35. The van der Waals surface area contributed by atoms with Gasteiger partial charge in [-0.25, -0.2) is 5.01 Å². The number of carbonyl (C=O) groups excluding carboxylic acids is 3. The van der Waals surface area contributed by atoms with E-state index in [4.69, 9.17) is 0 Å². The van der Waals surface area contributed by atoms with Crippen LogP contribution < -0.4 is 0 Å². The average Bonchev–Trinajstić information content (AvgIpc) is 3.28. The van der Waals surface area contributed by atoms with Crippen molar-refractivity contribution in [1.29, 1.82) is 0 Å². The topological polar surface area (TPSA) is 57.7 Å². The molecule has 1 aliphatic rings. The molecule has 0 radical (unpaired) electrons. The van der Waals surface area contributed by atoms with Gasteiger partial charge in [0.05, 0.1) is 16.5 Å². The molecule has 194 valence electrons. The first-order chi connectivity index (χ1) is 19.5. The summed E-state index contributed by atoms with van der Waals surface area (Å²) in [5.41, 5.74) is 4.24. The molecule has 6 rings (SSSR count). The SMILES string of the molecule is CN(C(=O)c1cccc(C(c2ccccc2)(c2ccccc2)c2ccccc2)c1)N1C(=O)c2ccccc2C1=O. The van der Waals surface area contributed by atoms with Crippen molar-refractivity contribution in [2.75, 3.05) is 7.05 Å². The van der Waals surface area contributed by atoms with Gasteiger partial charge in [-0.15, -0.1) is 0 Å². The lowest BCUT2D eigenvalue weighted by Gasteiger charge is -2.37. The summed E-state index contributed by atoms with van der Waals surface area (Å²) in [5, 5.41) is 2.03. The van der Waals surface area contributed by atoms with Crippen LogP contribution in [0.2, 0.25) is 0 Å². The van der Waals surface area contributed by atoms with Gasteiger partial charge in [0.1, 0.15) is 0 Å². The van der Waals surface area contributed by atoms with E-state index in [0.717, 1.165) is 32.3 Å². The molecule has 5 nitrogen and oxygen atoms in total. The van der Waals surface area contributed by atoms with Gasteiger partial charge < -0.3 is 0 Å². The van der Waals surface area contributed by atoms with Crippen LogP contribution in [0, 0.1) is 0 Å². The van der Waals surface area contributed by atoms with Crippen LogP contribution in [0.4, 0.5) is 0 Å². The lowest BCUT2D eigenvalue weighted by atomic mass is 9.65. The van der Waals surface area contributed by atoms with E-state index in [1.807, 2.05) is 72.8 Å². The molecular weight excluding hydrogens is 496 g/mol. The Hall–Kier alpha value is -5.29. The summed E-state index contributed by atoms with van der Waals surface area (Å²) < 4.78 is 0. The van der Waals surface area contributed by atoms with Crippen LogP contribution in [0.3, 0.4) is 0 Å². The number of amides is 3. The highest BCUT2D eigenvalue weighted by Crippen LogP contribution is 2.45. The van der Waals surface area contributed by atoms with Gasteiger partial charge in [-0.1, -0.05) is 115 Å². The van der Waals surface area contributed by atoms with E-state index < -0.39 is 23.1 Å². The molecule has 0 fully saturated rings. The fourth-order valence-corrected chi connectivity index (χ4v) is 5.68. The largest absolute Gasteiger partial charge is 0.280 e. The maximum Gasteiger partial charge on any atom is 0.280 e. The summed E-state index contributed by atoms with van der Waals surface area (Å²) in [5.74, 6) is -1.49. The highest BCUT2D eigenvalue weighted by atomic mass is 16.2. The zero-order chi connectivity index (χ0) is 27.7. The van der Waals surface area contributed by atoms with Crippen molar-refractivity contribution in [1.82, 2.24) is 10.0 Å². The summed E-state index contributed by atoms with van der Waals surface area (Å²) in [6, 6.07) is 44.7. The Kier molecular flexibility index (Phi) is 6.33. The molecule has 5 heteroatoms. The number of carbonyl (C=O) groups is 3. The van der Waals surface area contributed by atoms with Gasteiger partial charge in [-0.2, -0.15) is 5.01 Å². The van der Waals surface area contributed by atoms with Crippen molar-refractivity contribution in [3.8, 4) is 0 Å². The number of hydrazine groups is 1. The normalized spacial score (nSPS) is 12.8. The second kappa shape index (κ2) is 10.1. The average molecular weight is 523 g/mol. The van der Waals surface area contributed by atoms with Crippen LogP contribution in [0.1, 0.15) is 53.3 Å². The highest BCUT2D eigenvalue weighted by Gasteiger charge is 2.41. The number of fused-ring (bicyclic) bond motifs is 1. The Morgan fingerprint density at radius 3 is 1.40 bits per heavy atom. The smallest absolute Gasteiger partial charge is 0.267 e. The fraction of sp³-hybridized carbons (Fsp3) is 0.0571. The molecule has 0 N–H and O–H groups in total. The van der Waals surface area contributed by atoms with Crippen molar-refractivity contribution in [2.45, 2.75) is 5.41 Å². The first-order valence-electron chi connectivity index (χ1n) is 13.1. The van der Waals surface area contributed by atoms with Crippen molar-refractivity contribution in [2.24, 2.45) is 0 Å². The molecule has 0 atom stereocenters. The molecule has 0 unspecified atom stereocenters. The third-order valence-electron chi connectivity index (χ3n) is 7.53. The minimum absolute atomic E-state index is 0.289. The van der Waals surface area contributed by atoms with Crippen molar-refractivity contribution < 1.29 is 14.4 Å². The number of imide groups is 1. The van der Waals surface area contributed by atoms with Gasteiger partial charge >= 0.3 is 0 Å². The van der Waals surface area contributed by atoms with Gasteiger partial charge in [0.15, 0.2) is 0 Å². The minimum atomic E-state index is -0.728. The van der Waals surface area contributed by atoms with Gasteiger partial charge in [0.25, 0.3) is 17.7 Å². The Labute approximate surface area is 232 Å². The monoisotopic (exact) mass is 522 g/mol. The molecule has 0 aliphatic carbocycles. The number of hydrogen-bond donors (Lipinski definition) is 0. The third-order valence-corrected chi connectivity index (χ3v) is 7.53. The molecule has 0 saturated carbocycles. The van der Waals surface area contributed by atoms with E-state index in [-0.39, 0.29) is 11.1 Å². The maximum absolute atomic E-state index is 13.8. The summed E-state index contributed by atoms with van der Waals surface area (Å²) in [7, 11) is 1.45. The molecular formula is C35H26N2O3. The number of benzene rings is 5. The molecule has 0 aromatic heterocycles. The Morgan fingerprint density at radius 1 is 0.550 bits per heavy atom. The predicted molar refractivity (Wildman–Crippen MR) is 154 cm³/mol. The summed E-state index contributed by atoms with van der Waals surface area (Å²) >= 11 is 0. The van der Waals surface area contributed by atoms with E-state index in [1.54, 1.807) is 30.3 Å². The van der Waals surface area contributed by atoms with Crippen LogP contribution >= 0.6 is 0 Å². The Bertz CT molecular complexity index is 1580. The summed E-state index contributed by atoms with van der Waals surface area (Å²) in [6.45, 7) is 0. The minimum Gasteiger partial charge on any atom is -0.267 e. The summed E-state index contributed by atoms with van der Waals surface area (Å²) in [4.78, 5) is 40.0. The molecule has 0 bridgehead atoms. The molecule has 1 aliphatic heterocycles. The first-order valence-corrected chi connectivity index (χ1v) is 13.1. The zero-order valence-corrected chi connectivity index (χ0v) is 21.9. The van der Waals surface area contributed by atoms with Gasteiger partial charge in [0.2, 0.25) is 0 Å². The van der Waals surface area contributed by atoms with Crippen molar-refractivity contribution in [3.63, 3.8) is 0 Å². The standard InChI is InChI=1S/C35H26N2O3/c1-36(37-33(39)30-22-11-12-23-31(30)34(37)40)32(38)25-14-13-21-29(24-25)35(26-15-5-2-6-16-26,27-17-7-3-8-18-27)28-19-9-4-10-20-28/h2-24H,1H3. The molecule has 0 spiro atoms. The van der Waals surface area contributed by atoms with Crippen molar-refractivity contribution >= 4 is 17.7 Å². The lowest BCUT2D eigenvalue weighted by Crippen LogP contribution is -2.47. The van der Waals surface area contributed by atoms with E-state index in [9.17, 15) is 14.4 Å². The highest BCUT2D eigenvalue weighted by molar-refractivity contribution is 6.22.